The van der Waals surface area contributed by atoms with E-state index in [1.807, 2.05) is 6.20 Å². The number of aryl methyl sites for hydroxylation is 1. The van der Waals surface area contributed by atoms with Gasteiger partial charge in [-0.25, -0.2) is 0 Å². The molecule has 0 aromatic carbocycles. The monoisotopic (exact) mass is 251 g/mol. The fourth-order valence-electron chi connectivity index (χ4n) is 2.98. The van der Waals surface area contributed by atoms with Gasteiger partial charge in [0.25, 0.3) is 0 Å². The molecule has 18 heavy (non-hydrogen) atoms. The Morgan fingerprint density at radius 3 is 3.11 bits per heavy atom. The molecule has 2 heterocycles. The Bertz CT molecular complexity index is 364. The van der Waals surface area contributed by atoms with E-state index >= 15 is 0 Å². The molecular weight excluding hydrogens is 226 g/mol. The molecule has 4 heteroatoms. The lowest BCUT2D eigenvalue weighted by Gasteiger charge is -2.35. The molecule has 102 valence electrons. The van der Waals surface area contributed by atoms with Gasteiger partial charge in [0.15, 0.2) is 0 Å². The van der Waals surface area contributed by atoms with Crippen molar-refractivity contribution in [2.45, 2.75) is 39.3 Å². The first-order valence-corrected chi connectivity index (χ1v) is 7.04. The zero-order chi connectivity index (χ0) is 13.0. The summed E-state index contributed by atoms with van der Waals surface area (Å²) in [5.41, 5.74) is 1.32. The second-order valence-corrected chi connectivity index (χ2v) is 5.25. The van der Waals surface area contributed by atoms with Gasteiger partial charge in [-0.3, -0.25) is 4.68 Å². The third kappa shape index (κ3) is 2.75. The van der Waals surface area contributed by atoms with Gasteiger partial charge >= 0.3 is 0 Å². The van der Waals surface area contributed by atoms with Crippen LogP contribution in [0, 0.1) is 11.8 Å². The van der Waals surface area contributed by atoms with E-state index in [4.69, 9.17) is 4.74 Å². The van der Waals surface area contributed by atoms with Crippen molar-refractivity contribution in [3.8, 4) is 0 Å². The Kier molecular flexibility index (Phi) is 4.78. The number of ether oxygens (including phenoxy) is 1. The van der Waals surface area contributed by atoms with Crippen molar-refractivity contribution in [1.82, 2.24) is 15.1 Å². The van der Waals surface area contributed by atoms with E-state index in [1.165, 1.54) is 5.69 Å². The molecule has 1 fully saturated rings. The second kappa shape index (κ2) is 6.34. The Labute approximate surface area is 110 Å². The topological polar surface area (TPSA) is 39.1 Å². The highest BCUT2D eigenvalue weighted by Crippen LogP contribution is 2.33. The van der Waals surface area contributed by atoms with Gasteiger partial charge in [0.05, 0.1) is 11.7 Å². The Morgan fingerprint density at radius 2 is 2.44 bits per heavy atom. The summed E-state index contributed by atoms with van der Waals surface area (Å²) in [5, 5.41) is 7.93. The maximum atomic E-state index is 5.55. The van der Waals surface area contributed by atoms with Gasteiger partial charge in [0.1, 0.15) is 0 Å². The zero-order valence-corrected chi connectivity index (χ0v) is 11.7. The van der Waals surface area contributed by atoms with E-state index in [-0.39, 0.29) is 0 Å². The second-order valence-electron chi connectivity index (χ2n) is 5.25. The van der Waals surface area contributed by atoms with Gasteiger partial charge in [0, 0.05) is 26.0 Å². The maximum Gasteiger partial charge on any atom is 0.0556 e. The summed E-state index contributed by atoms with van der Waals surface area (Å²) in [4.78, 5) is 0. The molecule has 1 aliphatic heterocycles. The number of nitrogens with one attached hydrogen (secondary N) is 1. The highest BCUT2D eigenvalue weighted by molar-refractivity contribution is 5.09. The van der Waals surface area contributed by atoms with Crippen LogP contribution in [0.1, 0.15) is 38.4 Å². The van der Waals surface area contributed by atoms with Crippen molar-refractivity contribution >= 4 is 0 Å². The van der Waals surface area contributed by atoms with Crippen LogP contribution in [0.15, 0.2) is 12.3 Å². The number of hydrogen-bond acceptors (Lipinski definition) is 3. The average molecular weight is 251 g/mol. The van der Waals surface area contributed by atoms with Crippen LogP contribution in [0.4, 0.5) is 0 Å². The Morgan fingerprint density at radius 1 is 1.61 bits per heavy atom. The molecule has 3 unspecified atom stereocenters. The molecule has 1 aromatic heterocycles. The third-order valence-corrected chi connectivity index (χ3v) is 3.95. The van der Waals surface area contributed by atoms with E-state index in [2.05, 4.69) is 42.1 Å². The van der Waals surface area contributed by atoms with Crippen LogP contribution in [0.25, 0.3) is 0 Å². The molecular formula is C14H25N3O. The summed E-state index contributed by atoms with van der Waals surface area (Å²) in [6, 6.07) is 2.54. The number of rotatable bonds is 5. The predicted molar refractivity (Wildman–Crippen MR) is 72.4 cm³/mol. The smallest absolute Gasteiger partial charge is 0.0556 e. The third-order valence-electron chi connectivity index (χ3n) is 3.95. The summed E-state index contributed by atoms with van der Waals surface area (Å²) in [7, 11) is 2.05. The molecule has 1 aromatic rings. The quantitative estimate of drug-likeness (QED) is 0.872. The van der Waals surface area contributed by atoms with Crippen LogP contribution in [0.2, 0.25) is 0 Å². The largest absolute Gasteiger partial charge is 0.381 e. The standard InChI is InChI=1S/C14H25N3O/c1-4-8-17-13(5-7-16-17)14(15-3)12-6-9-18-10-11(12)2/h5,7,11-12,14-15H,4,6,8-10H2,1-3H3. The molecule has 2 rings (SSSR count). The molecule has 0 spiro atoms. The maximum absolute atomic E-state index is 5.55. The van der Waals surface area contributed by atoms with Crippen molar-refractivity contribution in [2.24, 2.45) is 11.8 Å². The lowest BCUT2D eigenvalue weighted by Crippen LogP contribution is -2.36. The number of hydrogen-bond donors (Lipinski definition) is 1. The van der Waals surface area contributed by atoms with Gasteiger partial charge in [-0.15, -0.1) is 0 Å². The SMILES string of the molecule is CCCn1nccc1C(NC)C1CCOCC1C. The van der Waals surface area contributed by atoms with E-state index in [0.29, 0.717) is 17.9 Å². The van der Waals surface area contributed by atoms with E-state index in [9.17, 15) is 0 Å². The predicted octanol–water partition coefficient (Wildman–Crippen LogP) is 2.23. The summed E-state index contributed by atoms with van der Waals surface area (Å²) >= 11 is 0. The summed E-state index contributed by atoms with van der Waals surface area (Å²) in [5.74, 6) is 1.23. The normalized spacial score (nSPS) is 26.2. The van der Waals surface area contributed by atoms with Crippen molar-refractivity contribution < 1.29 is 4.74 Å². The molecule has 4 nitrogen and oxygen atoms in total. The molecule has 0 radical (unpaired) electrons. The van der Waals surface area contributed by atoms with Gasteiger partial charge in [0.2, 0.25) is 0 Å². The van der Waals surface area contributed by atoms with Crippen molar-refractivity contribution in [3.05, 3.63) is 18.0 Å². The first kappa shape index (κ1) is 13.6. The van der Waals surface area contributed by atoms with E-state index in [1.54, 1.807) is 0 Å². The van der Waals surface area contributed by atoms with E-state index < -0.39 is 0 Å². The fourth-order valence-corrected chi connectivity index (χ4v) is 2.98. The van der Waals surface area contributed by atoms with Gasteiger partial charge < -0.3 is 10.1 Å². The molecule has 0 aliphatic carbocycles. The minimum absolute atomic E-state index is 0.387. The Hall–Kier alpha value is -0.870. The van der Waals surface area contributed by atoms with Crippen LogP contribution < -0.4 is 5.32 Å². The van der Waals surface area contributed by atoms with Gasteiger partial charge in [-0.1, -0.05) is 13.8 Å². The van der Waals surface area contributed by atoms with Crippen LogP contribution in [-0.4, -0.2) is 30.0 Å². The highest BCUT2D eigenvalue weighted by Gasteiger charge is 2.31. The molecule has 3 atom stereocenters. The fraction of sp³-hybridized carbons (Fsp3) is 0.786. The Balaban J connectivity index is 2.18. The average Bonchev–Trinajstić information content (AvgIpc) is 2.82. The van der Waals surface area contributed by atoms with Crippen LogP contribution in [0.3, 0.4) is 0 Å². The highest BCUT2D eigenvalue weighted by atomic mass is 16.5. The first-order valence-electron chi connectivity index (χ1n) is 7.04. The molecule has 0 saturated carbocycles. The first-order chi connectivity index (χ1) is 8.77. The zero-order valence-electron chi connectivity index (χ0n) is 11.7. The van der Waals surface area contributed by atoms with Crippen LogP contribution in [0.5, 0.6) is 0 Å². The minimum Gasteiger partial charge on any atom is -0.381 e. The lowest BCUT2D eigenvalue weighted by molar-refractivity contribution is 0.0104. The van der Waals surface area contributed by atoms with Crippen LogP contribution >= 0.6 is 0 Å². The molecule has 0 amide bonds. The van der Waals surface area contributed by atoms with Crippen molar-refractivity contribution in [1.29, 1.82) is 0 Å². The summed E-state index contributed by atoms with van der Waals surface area (Å²) < 4.78 is 7.69. The summed E-state index contributed by atoms with van der Waals surface area (Å²) in [6.45, 7) is 7.24. The summed E-state index contributed by atoms with van der Waals surface area (Å²) in [6.07, 6.45) is 4.16. The van der Waals surface area contributed by atoms with Crippen molar-refractivity contribution in [2.75, 3.05) is 20.3 Å². The molecule has 1 saturated heterocycles. The molecule has 1 aliphatic rings. The number of nitrogens with zero attached hydrogens (tertiary/aromatic N) is 2. The molecule has 1 N–H and O–H groups in total. The molecule has 0 bridgehead atoms. The number of aromatic nitrogens is 2. The van der Waals surface area contributed by atoms with E-state index in [0.717, 1.165) is 32.6 Å². The minimum atomic E-state index is 0.387. The van der Waals surface area contributed by atoms with Gasteiger partial charge in [-0.2, -0.15) is 5.10 Å². The van der Waals surface area contributed by atoms with Crippen molar-refractivity contribution in [3.63, 3.8) is 0 Å². The van der Waals surface area contributed by atoms with Crippen LogP contribution in [-0.2, 0) is 11.3 Å². The lowest BCUT2D eigenvalue weighted by atomic mass is 9.82. The van der Waals surface area contributed by atoms with Gasteiger partial charge in [-0.05, 0) is 37.8 Å².